The Bertz CT molecular complexity index is 942. The Labute approximate surface area is 186 Å². The molecule has 8 heteroatoms. The number of methoxy groups -OCH3 is 1. The summed E-state index contributed by atoms with van der Waals surface area (Å²) in [5, 5.41) is 0. The number of amides is 1. The van der Waals surface area contributed by atoms with Crippen molar-refractivity contribution >= 4 is 11.6 Å². The zero-order valence-electron chi connectivity index (χ0n) is 18.1. The molecule has 0 radical (unpaired) electrons. The molecular formula is C24H28F3N3O2. The zero-order valence-corrected chi connectivity index (χ0v) is 18.1. The van der Waals surface area contributed by atoms with Crippen LogP contribution in [0.1, 0.15) is 28.8 Å². The highest BCUT2D eigenvalue weighted by Crippen LogP contribution is 2.33. The molecule has 2 saturated heterocycles. The van der Waals surface area contributed by atoms with Gasteiger partial charge in [0.25, 0.3) is 5.91 Å². The molecular weight excluding hydrogens is 419 g/mol. The quantitative estimate of drug-likeness (QED) is 0.706. The van der Waals surface area contributed by atoms with Gasteiger partial charge in [0.2, 0.25) is 0 Å². The number of benzene rings is 2. The molecule has 2 heterocycles. The van der Waals surface area contributed by atoms with E-state index in [1.54, 1.807) is 12.0 Å². The molecule has 1 atom stereocenters. The number of ether oxygens (including phenoxy) is 1. The van der Waals surface area contributed by atoms with Crippen molar-refractivity contribution in [1.82, 2.24) is 9.80 Å². The van der Waals surface area contributed by atoms with Crippen LogP contribution in [0.15, 0.2) is 48.5 Å². The predicted octanol–water partition coefficient (Wildman–Crippen LogP) is 4.14. The van der Waals surface area contributed by atoms with Crippen molar-refractivity contribution in [3.63, 3.8) is 0 Å². The molecule has 2 fully saturated rings. The summed E-state index contributed by atoms with van der Waals surface area (Å²) in [5.74, 6) is 0.314. The molecule has 0 saturated carbocycles. The summed E-state index contributed by atoms with van der Waals surface area (Å²) in [4.78, 5) is 19.2. The number of halogens is 3. The van der Waals surface area contributed by atoms with Gasteiger partial charge in [0.15, 0.2) is 0 Å². The Balaban J connectivity index is 1.41. The Hall–Kier alpha value is -2.74. The van der Waals surface area contributed by atoms with Gasteiger partial charge >= 0.3 is 6.18 Å². The topological polar surface area (TPSA) is 36.0 Å². The Morgan fingerprint density at radius 3 is 2.38 bits per heavy atom. The molecule has 2 aliphatic rings. The van der Waals surface area contributed by atoms with E-state index in [0.29, 0.717) is 13.1 Å². The van der Waals surface area contributed by atoms with E-state index in [0.717, 1.165) is 56.5 Å². The van der Waals surface area contributed by atoms with Crippen LogP contribution >= 0.6 is 0 Å². The van der Waals surface area contributed by atoms with E-state index >= 15 is 0 Å². The molecule has 4 rings (SSSR count). The second-order valence-electron chi connectivity index (χ2n) is 8.29. The zero-order chi connectivity index (χ0) is 22.7. The molecule has 0 N–H and O–H groups in total. The number of piperidine rings is 1. The summed E-state index contributed by atoms with van der Waals surface area (Å²) in [6, 6.07) is 13.2. The van der Waals surface area contributed by atoms with E-state index in [4.69, 9.17) is 4.74 Å². The van der Waals surface area contributed by atoms with Crippen molar-refractivity contribution in [2.24, 2.45) is 0 Å². The smallest absolute Gasteiger partial charge is 0.417 e. The van der Waals surface area contributed by atoms with Crippen molar-refractivity contribution in [2.75, 3.05) is 51.3 Å². The van der Waals surface area contributed by atoms with Crippen molar-refractivity contribution in [3.05, 3.63) is 59.7 Å². The largest absolute Gasteiger partial charge is 0.495 e. The molecule has 32 heavy (non-hydrogen) atoms. The minimum absolute atomic E-state index is 0.158. The molecule has 2 aromatic rings. The summed E-state index contributed by atoms with van der Waals surface area (Å²) in [6.45, 7) is 4.29. The van der Waals surface area contributed by atoms with Crippen molar-refractivity contribution in [2.45, 2.75) is 25.1 Å². The van der Waals surface area contributed by atoms with Crippen LogP contribution in [-0.2, 0) is 6.18 Å². The summed E-state index contributed by atoms with van der Waals surface area (Å²) >= 11 is 0. The van der Waals surface area contributed by atoms with Gasteiger partial charge in [0.1, 0.15) is 5.75 Å². The third kappa shape index (κ3) is 4.70. The van der Waals surface area contributed by atoms with Crippen molar-refractivity contribution in [3.8, 4) is 5.75 Å². The van der Waals surface area contributed by atoms with Crippen LogP contribution in [0.2, 0.25) is 0 Å². The molecule has 2 aromatic carbocycles. The highest BCUT2D eigenvalue weighted by atomic mass is 19.4. The van der Waals surface area contributed by atoms with E-state index in [9.17, 15) is 18.0 Å². The third-order valence-electron chi connectivity index (χ3n) is 6.40. The number of hydrogen-bond acceptors (Lipinski definition) is 4. The number of piperazine rings is 1. The highest BCUT2D eigenvalue weighted by Gasteiger charge is 2.37. The number of nitrogens with zero attached hydrogens (tertiary/aromatic N) is 3. The number of carbonyl (C=O) groups is 1. The van der Waals surface area contributed by atoms with Crippen LogP contribution in [0.5, 0.6) is 5.75 Å². The Morgan fingerprint density at radius 1 is 0.969 bits per heavy atom. The van der Waals surface area contributed by atoms with Crippen LogP contribution < -0.4 is 9.64 Å². The lowest BCUT2D eigenvalue weighted by Crippen LogP contribution is -2.56. The average molecular weight is 448 g/mol. The lowest BCUT2D eigenvalue weighted by atomic mass is 10.00. The fourth-order valence-electron chi connectivity index (χ4n) is 4.74. The van der Waals surface area contributed by atoms with E-state index < -0.39 is 17.6 Å². The molecule has 0 unspecified atom stereocenters. The first kappa shape index (κ1) is 22.5. The lowest BCUT2D eigenvalue weighted by molar-refractivity contribution is -0.138. The van der Waals surface area contributed by atoms with Crippen LogP contribution in [0.4, 0.5) is 18.9 Å². The monoisotopic (exact) mass is 447 g/mol. The van der Waals surface area contributed by atoms with Gasteiger partial charge in [-0.05, 0) is 37.1 Å². The van der Waals surface area contributed by atoms with Gasteiger partial charge < -0.3 is 14.5 Å². The molecule has 0 spiro atoms. The Morgan fingerprint density at radius 2 is 1.66 bits per heavy atom. The number of carbonyl (C=O) groups excluding carboxylic acids is 1. The molecule has 0 aromatic heterocycles. The number of alkyl halides is 3. The first-order valence-corrected chi connectivity index (χ1v) is 11.0. The summed E-state index contributed by atoms with van der Waals surface area (Å²) < 4.78 is 45.6. The van der Waals surface area contributed by atoms with E-state index in [1.807, 2.05) is 24.3 Å². The fraction of sp³-hybridized carbons (Fsp3) is 0.458. The maximum absolute atomic E-state index is 13.4. The molecule has 0 bridgehead atoms. The van der Waals surface area contributed by atoms with Gasteiger partial charge in [-0.25, -0.2) is 0 Å². The van der Waals surface area contributed by atoms with E-state index in [1.165, 1.54) is 18.2 Å². The normalized spacial score (nSPS) is 20.3. The van der Waals surface area contributed by atoms with Crippen molar-refractivity contribution < 1.29 is 22.7 Å². The fourth-order valence-corrected chi connectivity index (χ4v) is 4.74. The average Bonchev–Trinajstić information content (AvgIpc) is 2.83. The number of anilines is 1. The maximum atomic E-state index is 13.4. The standard InChI is InChI=1S/C24H28F3N3O2/c1-32-22-11-5-4-10-21(22)29-15-13-28(14-16-29)18-7-6-12-30(17-18)23(31)19-8-2-3-9-20(19)24(25,26)27/h2-5,8-11,18H,6-7,12-17H2,1H3/t18-/m1/s1. The number of para-hydroxylation sites is 2. The molecule has 1 amide bonds. The van der Waals surface area contributed by atoms with E-state index in [2.05, 4.69) is 9.80 Å². The van der Waals surface area contributed by atoms with Crippen LogP contribution in [0.3, 0.4) is 0 Å². The summed E-state index contributed by atoms with van der Waals surface area (Å²) in [5.41, 5.74) is -0.0574. The van der Waals surface area contributed by atoms with Crippen LogP contribution in [0.25, 0.3) is 0 Å². The number of hydrogen-bond donors (Lipinski definition) is 0. The van der Waals surface area contributed by atoms with Gasteiger partial charge in [0.05, 0.1) is 23.9 Å². The molecule has 2 aliphatic heterocycles. The molecule has 5 nitrogen and oxygen atoms in total. The highest BCUT2D eigenvalue weighted by molar-refractivity contribution is 5.96. The number of rotatable bonds is 4. The van der Waals surface area contributed by atoms with Gasteiger partial charge in [0, 0.05) is 45.3 Å². The minimum Gasteiger partial charge on any atom is -0.495 e. The molecule has 172 valence electrons. The maximum Gasteiger partial charge on any atom is 0.417 e. The second-order valence-corrected chi connectivity index (χ2v) is 8.29. The lowest BCUT2D eigenvalue weighted by Gasteiger charge is -2.44. The Kier molecular flexibility index (Phi) is 6.60. The first-order valence-electron chi connectivity index (χ1n) is 11.0. The second kappa shape index (κ2) is 9.40. The summed E-state index contributed by atoms with van der Waals surface area (Å²) in [7, 11) is 1.67. The van der Waals surface area contributed by atoms with Gasteiger partial charge in [-0.1, -0.05) is 24.3 Å². The SMILES string of the molecule is COc1ccccc1N1CCN([C@@H]2CCCN(C(=O)c3ccccc3C(F)(F)F)C2)CC1. The van der Waals surface area contributed by atoms with Gasteiger partial charge in [-0.15, -0.1) is 0 Å². The van der Waals surface area contributed by atoms with Gasteiger partial charge in [-0.3, -0.25) is 9.69 Å². The molecule has 0 aliphatic carbocycles. The summed E-state index contributed by atoms with van der Waals surface area (Å²) in [6.07, 6.45) is -2.81. The minimum atomic E-state index is -4.55. The third-order valence-corrected chi connectivity index (χ3v) is 6.40. The van der Waals surface area contributed by atoms with Crippen molar-refractivity contribution in [1.29, 1.82) is 0 Å². The first-order chi connectivity index (χ1) is 15.4. The number of likely N-dealkylation sites (tertiary alicyclic amines) is 1. The van der Waals surface area contributed by atoms with E-state index in [-0.39, 0.29) is 11.6 Å². The van der Waals surface area contributed by atoms with Crippen LogP contribution in [0, 0.1) is 0 Å². The predicted molar refractivity (Wildman–Crippen MR) is 117 cm³/mol. The van der Waals surface area contributed by atoms with Gasteiger partial charge in [-0.2, -0.15) is 13.2 Å². The van der Waals surface area contributed by atoms with Crippen LogP contribution in [-0.4, -0.2) is 68.1 Å².